The van der Waals surface area contributed by atoms with E-state index >= 15 is 0 Å². The lowest BCUT2D eigenvalue weighted by atomic mass is 10.1. The fraction of sp³-hybridized carbons (Fsp3) is 1.00. The molecule has 0 bridgehead atoms. The van der Waals surface area contributed by atoms with Crippen molar-refractivity contribution in [1.29, 1.82) is 0 Å². The van der Waals surface area contributed by atoms with Crippen molar-refractivity contribution in [3.63, 3.8) is 0 Å². The van der Waals surface area contributed by atoms with E-state index in [4.69, 9.17) is 19.9 Å². The normalized spacial score (nSPS) is 49.6. The lowest BCUT2D eigenvalue weighted by molar-refractivity contribution is -0.123. The minimum Gasteiger partial charge on any atom is -0.387 e. The van der Waals surface area contributed by atoms with Crippen molar-refractivity contribution >= 4 is 0 Å². The number of aliphatic hydroxyl groups is 1. The average molecular weight is 161 g/mol. The summed E-state index contributed by atoms with van der Waals surface area (Å²) in [5.74, 6) is 0. The van der Waals surface area contributed by atoms with Gasteiger partial charge in [-0.1, -0.05) is 0 Å². The van der Waals surface area contributed by atoms with Crippen LogP contribution in [0.1, 0.15) is 0 Å². The highest BCUT2D eigenvalue weighted by Gasteiger charge is 2.47. The van der Waals surface area contributed by atoms with E-state index in [1.54, 1.807) is 0 Å². The van der Waals surface area contributed by atoms with Gasteiger partial charge >= 0.3 is 0 Å². The minimum absolute atomic E-state index is 0.198. The van der Waals surface area contributed by atoms with Gasteiger partial charge in [0.25, 0.3) is 0 Å². The summed E-state index contributed by atoms with van der Waals surface area (Å²) in [4.78, 5) is 0. The van der Waals surface area contributed by atoms with Crippen molar-refractivity contribution in [1.82, 2.24) is 0 Å². The molecule has 2 aliphatic rings. The highest BCUT2D eigenvalue weighted by Crippen LogP contribution is 2.28. The molecule has 4 atom stereocenters. The van der Waals surface area contributed by atoms with Crippen LogP contribution in [0.15, 0.2) is 0 Å². The molecular formula is C6H11NO4. The third kappa shape index (κ3) is 1.05. The average Bonchev–Trinajstić information content (AvgIpc) is 2.53. The number of hydrogen-bond donors (Lipinski definition) is 2. The van der Waals surface area contributed by atoms with Crippen LogP contribution < -0.4 is 5.73 Å². The van der Waals surface area contributed by atoms with Gasteiger partial charge in [-0.2, -0.15) is 0 Å². The molecule has 0 unspecified atom stereocenters. The molecule has 64 valence electrons. The van der Waals surface area contributed by atoms with Gasteiger partial charge in [-0.25, -0.2) is 0 Å². The minimum atomic E-state index is -0.646. The zero-order chi connectivity index (χ0) is 7.84. The van der Waals surface area contributed by atoms with E-state index in [0.29, 0.717) is 6.54 Å². The van der Waals surface area contributed by atoms with Gasteiger partial charge in [0.2, 0.25) is 0 Å². The summed E-state index contributed by atoms with van der Waals surface area (Å²) in [6.45, 7) is 0.491. The number of aliphatic hydroxyl groups excluding tert-OH is 1. The smallest absolute Gasteiger partial charge is 0.189 e. The molecule has 11 heavy (non-hydrogen) atoms. The SMILES string of the molecule is NC[C@H]1O[C@@H]2OCO[C@@H]2[C@@H]1O. The standard InChI is InChI=1S/C6H11NO4/c7-1-3-4(8)5-6(11-3)10-2-9-5/h3-6,8H,1-2,7H2/t3-,4-,5-,6+/m1/s1. The summed E-state index contributed by atoms with van der Waals surface area (Å²) in [7, 11) is 0. The Morgan fingerprint density at radius 2 is 2.27 bits per heavy atom. The second-order valence-corrected chi connectivity index (χ2v) is 2.69. The zero-order valence-electron chi connectivity index (χ0n) is 5.97. The fourth-order valence-electron chi connectivity index (χ4n) is 1.39. The van der Waals surface area contributed by atoms with Crippen LogP contribution in [0.5, 0.6) is 0 Å². The van der Waals surface area contributed by atoms with Crippen molar-refractivity contribution in [3.05, 3.63) is 0 Å². The number of nitrogens with two attached hydrogens (primary N) is 1. The molecule has 0 aliphatic carbocycles. The largest absolute Gasteiger partial charge is 0.387 e. The summed E-state index contributed by atoms with van der Waals surface area (Å²) in [5, 5.41) is 9.45. The van der Waals surface area contributed by atoms with Gasteiger partial charge in [-0.15, -0.1) is 0 Å². The molecule has 2 saturated heterocycles. The Kier molecular flexibility index (Phi) is 1.82. The van der Waals surface area contributed by atoms with Gasteiger partial charge in [0, 0.05) is 6.54 Å². The summed E-state index contributed by atoms with van der Waals surface area (Å²) >= 11 is 0. The van der Waals surface area contributed by atoms with Crippen molar-refractivity contribution in [2.24, 2.45) is 5.73 Å². The number of ether oxygens (including phenoxy) is 3. The molecule has 3 N–H and O–H groups in total. The van der Waals surface area contributed by atoms with Gasteiger partial charge in [0.05, 0.1) is 0 Å². The van der Waals surface area contributed by atoms with Crippen molar-refractivity contribution < 1.29 is 19.3 Å². The van der Waals surface area contributed by atoms with E-state index in [9.17, 15) is 5.11 Å². The first-order chi connectivity index (χ1) is 5.33. The van der Waals surface area contributed by atoms with Crippen molar-refractivity contribution in [2.75, 3.05) is 13.3 Å². The Bertz CT molecular complexity index is 154. The molecule has 0 aromatic rings. The molecule has 5 heteroatoms. The van der Waals surface area contributed by atoms with Crippen LogP contribution >= 0.6 is 0 Å². The maximum absolute atomic E-state index is 9.45. The van der Waals surface area contributed by atoms with Gasteiger partial charge in [0.15, 0.2) is 13.1 Å². The number of rotatable bonds is 1. The number of hydrogen-bond acceptors (Lipinski definition) is 5. The molecule has 0 amide bonds. The van der Waals surface area contributed by atoms with E-state index in [-0.39, 0.29) is 19.0 Å². The Morgan fingerprint density at radius 3 is 2.91 bits per heavy atom. The Labute approximate surface area is 64.0 Å². The predicted octanol–water partition coefficient (Wildman–Crippen LogP) is -1.60. The molecule has 0 spiro atoms. The van der Waals surface area contributed by atoms with Gasteiger partial charge in [-0.05, 0) is 0 Å². The van der Waals surface area contributed by atoms with E-state index in [0.717, 1.165) is 0 Å². The van der Waals surface area contributed by atoms with Crippen LogP contribution in [0, 0.1) is 0 Å². The van der Waals surface area contributed by atoms with Crippen LogP contribution in [0.3, 0.4) is 0 Å². The predicted molar refractivity (Wildman–Crippen MR) is 34.5 cm³/mol. The Hall–Kier alpha value is -0.200. The number of fused-ring (bicyclic) bond motifs is 1. The van der Waals surface area contributed by atoms with Crippen molar-refractivity contribution in [3.8, 4) is 0 Å². The summed E-state index contributed by atoms with van der Waals surface area (Å²) in [5.41, 5.74) is 5.33. The highest BCUT2D eigenvalue weighted by molar-refractivity contribution is 4.89. The zero-order valence-corrected chi connectivity index (χ0v) is 5.97. The fourth-order valence-corrected chi connectivity index (χ4v) is 1.39. The maximum Gasteiger partial charge on any atom is 0.189 e. The molecule has 0 saturated carbocycles. The van der Waals surface area contributed by atoms with Crippen LogP contribution in [0.4, 0.5) is 0 Å². The van der Waals surface area contributed by atoms with Gasteiger partial charge in [0.1, 0.15) is 18.3 Å². The Balaban J connectivity index is 2.04. The first-order valence-electron chi connectivity index (χ1n) is 3.59. The van der Waals surface area contributed by atoms with Crippen LogP contribution in [0.2, 0.25) is 0 Å². The van der Waals surface area contributed by atoms with E-state index in [1.165, 1.54) is 0 Å². The highest BCUT2D eigenvalue weighted by atomic mass is 16.8. The summed E-state index contributed by atoms with van der Waals surface area (Å²) < 4.78 is 15.3. The second kappa shape index (κ2) is 2.69. The third-order valence-corrected chi connectivity index (χ3v) is 2.02. The van der Waals surface area contributed by atoms with Crippen LogP contribution in [-0.2, 0) is 14.2 Å². The molecular weight excluding hydrogens is 150 g/mol. The molecule has 2 aliphatic heterocycles. The maximum atomic E-state index is 9.45. The topological polar surface area (TPSA) is 73.9 Å². The molecule has 0 aromatic heterocycles. The van der Waals surface area contributed by atoms with Crippen molar-refractivity contribution in [2.45, 2.75) is 24.6 Å². The lowest BCUT2D eigenvalue weighted by Gasteiger charge is -2.12. The monoisotopic (exact) mass is 161 g/mol. The molecule has 2 rings (SSSR count). The summed E-state index contributed by atoms with van der Waals surface area (Å²) in [6.07, 6.45) is -1.75. The molecule has 2 heterocycles. The molecule has 2 fully saturated rings. The van der Waals surface area contributed by atoms with E-state index in [2.05, 4.69) is 0 Å². The van der Waals surface area contributed by atoms with Gasteiger partial charge < -0.3 is 25.1 Å². The first kappa shape index (κ1) is 7.45. The lowest BCUT2D eigenvalue weighted by Crippen LogP contribution is -2.35. The summed E-state index contributed by atoms with van der Waals surface area (Å²) in [6, 6.07) is 0. The Morgan fingerprint density at radius 1 is 1.45 bits per heavy atom. The van der Waals surface area contributed by atoms with E-state index in [1.807, 2.05) is 0 Å². The van der Waals surface area contributed by atoms with Crippen LogP contribution in [0.25, 0.3) is 0 Å². The molecule has 5 nitrogen and oxygen atoms in total. The quantitative estimate of drug-likeness (QED) is 0.484. The van der Waals surface area contributed by atoms with E-state index < -0.39 is 12.4 Å². The van der Waals surface area contributed by atoms with Crippen LogP contribution in [-0.4, -0.2) is 43.0 Å². The molecule has 0 radical (unpaired) electrons. The first-order valence-corrected chi connectivity index (χ1v) is 3.59. The van der Waals surface area contributed by atoms with Gasteiger partial charge in [-0.3, -0.25) is 0 Å². The second-order valence-electron chi connectivity index (χ2n) is 2.69. The third-order valence-electron chi connectivity index (χ3n) is 2.02. The molecule has 0 aromatic carbocycles.